The third kappa shape index (κ3) is 4.64. The number of ether oxygens (including phenoxy) is 1. The van der Waals surface area contributed by atoms with Crippen LogP contribution >= 0.6 is 0 Å². The molecule has 0 aromatic carbocycles. The van der Waals surface area contributed by atoms with Gasteiger partial charge in [0, 0.05) is 25.2 Å². The molecule has 1 amide bonds. The van der Waals surface area contributed by atoms with Gasteiger partial charge in [0.15, 0.2) is 0 Å². The van der Waals surface area contributed by atoms with Gasteiger partial charge in [0.25, 0.3) is 5.56 Å². The van der Waals surface area contributed by atoms with Gasteiger partial charge in [-0.25, -0.2) is 4.79 Å². The molecule has 2 rings (SSSR count). The van der Waals surface area contributed by atoms with E-state index in [1.807, 2.05) is 25.7 Å². The maximum absolute atomic E-state index is 11.7. The fourth-order valence-electron chi connectivity index (χ4n) is 2.35. The van der Waals surface area contributed by atoms with Crippen LogP contribution in [0.2, 0.25) is 0 Å². The van der Waals surface area contributed by atoms with Crippen LogP contribution in [-0.4, -0.2) is 40.8 Å². The van der Waals surface area contributed by atoms with Crippen LogP contribution in [0.25, 0.3) is 0 Å². The molecular formula is C14H23N5O3. The number of nitrogen functional groups attached to an aromatic ring is 1. The van der Waals surface area contributed by atoms with Gasteiger partial charge in [0.1, 0.15) is 11.4 Å². The number of alkyl carbamates (subject to hydrolysis) is 1. The molecule has 2 heterocycles. The molecule has 1 aromatic heterocycles. The molecule has 0 aliphatic carbocycles. The lowest BCUT2D eigenvalue weighted by atomic mass is 10.1. The number of carbonyl (C=O) groups is 1. The number of piperidine rings is 1. The number of nitrogens with zero attached hydrogens (tertiary/aromatic N) is 2. The Hall–Kier alpha value is -2.25. The monoisotopic (exact) mass is 309 g/mol. The molecule has 0 unspecified atom stereocenters. The van der Waals surface area contributed by atoms with Crippen molar-refractivity contribution in [2.45, 2.75) is 45.3 Å². The van der Waals surface area contributed by atoms with Gasteiger partial charge >= 0.3 is 6.09 Å². The van der Waals surface area contributed by atoms with Crippen LogP contribution in [0.1, 0.15) is 33.6 Å². The second-order valence-electron chi connectivity index (χ2n) is 6.40. The fourth-order valence-corrected chi connectivity index (χ4v) is 2.35. The van der Waals surface area contributed by atoms with Crippen molar-refractivity contribution >= 4 is 17.9 Å². The molecule has 0 bridgehead atoms. The van der Waals surface area contributed by atoms with Crippen molar-refractivity contribution in [2.24, 2.45) is 0 Å². The summed E-state index contributed by atoms with van der Waals surface area (Å²) in [5.41, 5.74) is 4.78. The first-order chi connectivity index (χ1) is 10.2. The van der Waals surface area contributed by atoms with Crippen molar-refractivity contribution in [3.05, 3.63) is 16.4 Å². The first-order valence-electron chi connectivity index (χ1n) is 7.34. The molecule has 0 saturated carbocycles. The summed E-state index contributed by atoms with van der Waals surface area (Å²) in [6.45, 7) is 6.88. The Morgan fingerprint density at radius 2 is 2.09 bits per heavy atom. The summed E-state index contributed by atoms with van der Waals surface area (Å²) in [6.07, 6.45) is 1.12. The molecule has 1 saturated heterocycles. The number of aromatic nitrogens is 2. The number of hydrogen-bond acceptors (Lipinski definition) is 6. The molecule has 1 aromatic rings. The first-order valence-corrected chi connectivity index (χ1v) is 7.34. The Balaban J connectivity index is 1.88. The lowest BCUT2D eigenvalue weighted by molar-refractivity contribution is 0.0497. The van der Waals surface area contributed by atoms with E-state index < -0.39 is 11.7 Å². The maximum atomic E-state index is 11.7. The largest absolute Gasteiger partial charge is 0.444 e. The molecule has 8 nitrogen and oxygen atoms in total. The molecule has 1 fully saturated rings. The average molecular weight is 309 g/mol. The van der Waals surface area contributed by atoms with E-state index in [0.717, 1.165) is 12.8 Å². The van der Waals surface area contributed by atoms with Gasteiger partial charge in [-0.2, -0.15) is 4.98 Å². The molecule has 1 aliphatic heterocycles. The fraction of sp³-hybridized carbons (Fsp3) is 0.643. The van der Waals surface area contributed by atoms with Gasteiger partial charge in [0.2, 0.25) is 5.95 Å². The summed E-state index contributed by atoms with van der Waals surface area (Å²) in [7, 11) is 0. The SMILES string of the molecule is CC(C)(C)OC(=O)NC1CCN(c2cc(=O)[nH]c(N)n2)CC1. The standard InChI is InChI=1S/C14H23N5O3/c1-14(2,3)22-13(21)16-9-4-6-19(7-5-9)10-8-11(20)18-12(15)17-10/h8-9H,4-7H2,1-3H3,(H,16,21)(H3,15,17,18,20). The average Bonchev–Trinajstić information content (AvgIpc) is 2.36. The maximum Gasteiger partial charge on any atom is 0.407 e. The van der Waals surface area contributed by atoms with Crippen LogP contribution in [0.3, 0.4) is 0 Å². The summed E-state index contributed by atoms with van der Waals surface area (Å²) in [5.74, 6) is 0.675. The van der Waals surface area contributed by atoms with Crippen LogP contribution < -0.4 is 21.5 Å². The Morgan fingerprint density at radius 1 is 1.45 bits per heavy atom. The van der Waals surface area contributed by atoms with E-state index in [2.05, 4.69) is 15.3 Å². The van der Waals surface area contributed by atoms with E-state index in [1.54, 1.807) is 0 Å². The van der Waals surface area contributed by atoms with Gasteiger partial charge in [-0.15, -0.1) is 0 Å². The molecular weight excluding hydrogens is 286 g/mol. The highest BCUT2D eigenvalue weighted by Gasteiger charge is 2.24. The van der Waals surface area contributed by atoms with Crippen LogP contribution in [-0.2, 0) is 4.74 Å². The van der Waals surface area contributed by atoms with Gasteiger partial charge < -0.3 is 20.7 Å². The van der Waals surface area contributed by atoms with Crippen LogP contribution in [0.4, 0.5) is 16.6 Å². The molecule has 0 atom stereocenters. The zero-order valence-electron chi connectivity index (χ0n) is 13.2. The molecule has 122 valence electrons. The van der Waals surface area contributed by atoms with E-state index in [0.29, 0.717) is 18.9 Å². The summed E-state index contributed by atoms with van der Waals surface area (Å²) in [5, 5.41) is 2.87. The molecule has 8 heteroatoms. The Morgan fingerprint density at radius 3 is 2.64 bits per heavy atom. The Kier molecular flexibility index (Phi) is 4.58. The third-order valence-electron chi connectivity index (χ3n) is 3.29. The Bertz CT molecular complexity index is 585. The van der Waals surface area contributed by atoms with Crippen molar-refractivity contribution in [3.63, 3.8) is 0 Å². The van der Waals surface area contributed by atoms with Gasteiger partial charge in [-0.3, -0.25) is 9.78 Å². The van der Waals surface area contributed by atoms with E-state index in [1.165, 1.54) is 6.07 Å². The highest BCUT2D eigenvalue weighted by Crippen LogP contribution is 2.17. The molecule has 4 N–H and O–H groups in total. The minimum absolute atomic E-state index is 0.0606. The van der Waals surface area contributed by atoms with Crippen molar-refractivity contribution in [1.82, 2.24) is 15.3 Å². The number of rotatable bonds is 2. The quantitative estimate of drug-likeness (QED) is 0.746. The van der Waals surface area contributed by atoms with Crippen LogP contribution in [0, 0.1) is 0 Å². The number of aromatic amines is 1. The summed E-state index contributed by atoms with van der Waals surface area (Å²) in [6, 6.07) is 1.49. The lowest BCUT2D eigenvalue weighted by Gasteiger charge is -2.33. The van der Waals surface area contributed by atoms with Crippen molar-refractivity contribution < 1.29 is 9.53 Å². The second-order valence-corrected chi connectivity index (χ2v) is 6.40. The smallest absolute Gasteiger partial charge is 0.407 e. The molecule has 0 radical (unpaired) electrons. The number of amides is 1. The minimum atomic E-state index is -0.503. The molecule has 22 heavy (non-hydrogen) atoms. The number of anilines is 2. The van der Waals surface area contributed by atoms with E-state index in [-0.39, 0.29) is 17.5 Å². The predicted octanol–water partition coefficient (Wildman–Crippen LogP) is 0.846. The third-order valence-corrected chi connectivity index (χ3v) is 3.29. The highest BCUT2D eigenvalue weighted by molar-refractivity contribution is 5.68. The van der Waals surface area contributed by atoms with Crippen molar-refractivity contribution in [1.29, 1.82) is 0 Å². The van der Waals surface area contributed by atoms with Gasteiger partial charge in [-0.05, 0) is 33.6 Å². The first kappa shape index (κ1) is 16.1. The van der Waals surface area contributed by atoms with Gasteiger partial charge in [-0.1, -0.05) is 0 Å². The highest BCUT2D eigenvalue weighted by atomic mass is 16.6. The summed E-state index contributed by atoms with van der Waals surface area (Å²) < 4.78 is 5.25. The minimum Gasteiger partial charge on any atom is -0.444 e. The van der Waals surface area contributed by atoms with Gasteiger partial charge in [0.05, 0.1) is 0 Å². The lowest BCUT2D eigenvalue weighted by Crippen LogP contribution is -2.46. The summed E-state index contributed by atoms with van der Waals surface area (Å²) >= 11 is 0. The van der Waals surface area contributed by atoms with Crippen molar-refractivity contribution in [3.8, 4) is 0 Å². The summed E-state index contributed by atoms with van der Waals surface area (Å²) in [4.78, 5) is 31.7. The second kappa shape index (κ2) is 6.25. The molecule has 1 aliphatic rings. The number of H-pyrrole nitrogens is 1. The van der Waals surface area contributed by atoms with Crippen LogP contribution in [0.5, 0.6) is 0 Å². The van der Waals surface area contributed by atoms with Crippen LogP contribution in [0.15, 0.2) is 10.9 Å². The van der Waals surface area contributed by atoms with Crippen molar-refractivity contribution in [2.75, 3.05) is 23.7 Å². The topological polar surface area (TPSA) is 113 Å². The van der Waals surface area contributed by atoms with E-state index in [4.69, 9.17) is 10.5 Å². The number of hydrogen-bond donors (Lipinski definition) is 3. The number of nitrogens with two attached hydrogens (primary N) is 1. The number of nitrogens with one attached hydrogen (secondary N) is 2. The normalized spacial score (nSPS) is 16.4. The predicted molar refractivity (Wildman–Crippen MR) is 83.9 cm³/mol. The number of carbonyl (C=O) groups excluding carboxylic acids is 1. The Labute approximate surface area is 129 Å². The zero-order valence-corrected chi connectivity index (χ0v) is 13.2. The van der Waals surface area contributed by atoms with E-state index in [9.17, 15) is 9.59 Å². The molecule has 0 spiro atoms. The zero-order chi connectivity index (χ0) is 16.3. The van der Waals surface area contributed by atoms with E-state index >= 15 is 0 Å².